The van der Waals surface area contributed by atoms with Gasteiger partial charge in [-0.3, -0.25) is 5.32 Å². The molecule has 0 bridgehead atoms. The van der Waals surface area contributed by atoms with Crippen molar-refractivity contribution in [3.63, 3.8) is 0 Å². The van der Waals surface area contributed by atoms with Crippen LogP contribution in [0.3, 0.4) is 0 Å². The first-order valence-corrected chi connectivity index (χ1v) is 8.75. The van der Waals surface area contributed by atoms with Gasteiger partial charge in [0.1, 0.15) is 13.2 Å². The second kappa shape index (κ2) is 6.25. The second-order valence-corrected chi connectivity index (χ2v) is 6.89. The Hall–Kier alpha value is -2.80. The van der Waals surface area contributed by atoms with Gasteiger partial charge in [-0.25, -0.2) is 9.78 Å². The molecule has 0 spiro atoms. The average molecular weight is 355 g/mol. The van der Waals surface area contributed by atoms with Crippen LogP contribution in [-0.2, 0) is 0 Å². The number of nitrogens with one attached hydrogen (secondary N) is 2. The van der Waals surface area contributed by atoms with E-state index in [1.54, 1.807) is 0 Å². The highest BCUT2D eigenvalue weighted by Crippen LogP contribution is 2.37. The number of hydrogen-bond donors (Lipinski definition) is 2. The number of aryl methyl sites for hydroxylation is 2. The fourth-order valence-electron chi connectivity index (χ4n) is 2.60. The van der Waals surface area contributed by atoms with Crippen molar-refractivity contribution >= 4 is 38.4 Å². The molecular formula is C18H17N3O3S. The van der Waals surface area contributed by atoms with E-state index in [-0.39, 0.29) is 6.03 Å². The van der Waals surface area contributed by atoms with Crippen molar-refractivity contribution in [1.82, 2.24) is 4.98 Å². The van der Waals surface area contributed by atoms with Crippen LogP contribution in [0, 0.1) is 13.8 Å². The predicted octanol–water partition coefficient (Wildman–Crippen LogP) is 4.33. The molecule has 2 amide bonds. The molecule has 1 aliphatic rings. The molecule has 3 aromatic rings. The maximum absolute atomic E-state index is 12.2. The van der Waals surface area contributed by atoms with Crippen LogP contribution in [0.2, 0.25) is 0 Å². The van der Waals surface area contributed by atoms with E-state index in [9.17, 15) is 4.79 Å². The minimum absolute atomic E-state index is 0.320. The number of amides is 2. The number of ether oxygens (including phenoxy) is 2. The maximum Gasteiger partial charge on any atom is 0.325 e. The number of carbonyl (C=O) groups excluding carboxylic acids is 1. The van der Waals surface area contributed by atoms with Gasteiger partial charge in [-0.2, -0.15) is 0 Å². The number of hydrogen-bond acceptors (Lipinski definition) is 5. The van der Waals surface area contributed by atoms with Crippen LogP contribution in [0.25, 0.3) is 10.2 Å². The number of rotatable bonds is 2. The Kier molecular flexibility index (Phi) is 3.93. The fraction of sp³-hybridized carbons (Fsp3) is 0.222. The number of thiazole rings is 1. The van der Waals surface area contributed by atoms with Crippen molar-refractivity contribution in [3.05, 3.63) is 41.5 Å². The van der Waals surface area contributed by atoms with Crippen molar-refractivity contribution in [2.24, 2.45) is 0 Å². The molecule has 2 heterocycles. The summed E-state index contributed by atoms with van der Waals surface area (Å²) in [6.45, 7) is 5.12. The van der Waals surface area contributed by atoms with Crippen molar-refractivity contribution in [2.45, 2.75) is 13.8 Å². The van der Waals surface area contributed by atoms with Gasteiger partial charge in [0, 0.05) is 17.8 Å². The minimum Gasteiger partial charge on any atom is -0.486 e. The Morgan fingerprint density at radius 2 is 1.80 bits per heavy atom. The van der Waals surface area contributed by atoms with E-state index in [0.717, 1.165) is 21.5 Å². The summed E-state index contributed by atoms with van der Waals surface area (Å²) in [7, 11) is 0. The molecule has 0 atom stereocenters. The molecule has 7 heteroatoms. The number of urea groups is 1. The molecule has 128 valence electrons. The number of fused-ring (bicyclic) bond motifs is 2. The summed E-state index contributed by atoms with van der Waals surface area (Å²) in [6.07, 6.45) is 0. The SMILES string of the molecule is Cc1ccc(NC(=O)Nc2nc3cc4c(cc3s2)OCCO4)cc1C. The van der Waals surface area contributed by atoms with Gasteiger partial charge in [-0.15, -0.1) is 0 Å². The molecular weight excluding hydrogens is 338 g/mol. The highest BCUT2D eigenvalue weighted by molar-refractivity contribution is 7.22. The monoisotopic (exact) mass is 355 g/mol. The zero-order valence-electron chi connectivity index (χ0n) is 13.9. The van der Waals surface area contributed by atoms with Gasteiger partial charge in [0.05, 0.1) is 10.2 Å². The molecule has 0 aliphatic carbocycles. The van der Waals surface area contributed by atoms with Crippen molar-refractivity contribution in [3.8, 4) is 11.5 Å². The quantitative estimate of drug-likeness (QED) is 0.718. The number of benzene rings is 2. The highest BCUT2D eigenvalue weighted by atomic mass is 32.1. The van der Waals surface area contributed by atoms with E-state index in [4.69, 9.17) is 9.47 Å². The summed E-state index contributed by atoms with van der Waals surface area (Å²) in [5.74, 6) is 1.41. The summed E-state index contributed by atoms with van der Waals surface area (Å²) >= 11 is 1.40. The summed E-state index contributed by atoms with van der Waals surface area (Å²) in [5, 5.41) is 6.13. The zero-order chi connectivity index (χ0) is 17.4. The largest absolute Gasteiger partial charge is 0.486 e. The third-order valence-corrected chi connectivity index (χ3v) is 4.97. The maximum atomic E-state index is 12.2. The van der Waals surface area contributed by atoms with E-state index in [1.165, 1.54) is 16.9 Å². The minimum atomic E-state index is -0.320. The molecule has 0 radical (unpaired) electrons. The summed E-state index contributed by atoms with van der Waals surface area (Å²) in [5.41, 5.74) is 3.84. The van der Waals surface area contributed by atoms with Crippen LogP contribution < -0.4 is 20.1 Å². The van der Waals surface area contributed by atoms with Gasteiger partial charge in [0.25, 0.3) is 0 Å². The van der Waals surface area contributed by atoms with Crippen LogP contribution in [0.4, 0.5) is 15.6 Å². The van der Waals surface area contributed by atoms with E-state index in [2.05, 4.69) is 15.6 Å². The molecule has 2 aromatic carbocycles. The Labute approximate surface area is 148 Å². The normalized spacial score (nSPS) is 12.9. The van der Waals surface area contributed by atoms with Gasteiger partial charge in [-0.1, -0.05) is 17.4 Å². The third kappa shape index (κ3) is 3.23. The lowest BCUT2D eigenvalue weighted by molar-refractivity contribution is 0.172. The fourth-order valence-corrected chi connectivity index (χ4v) is 3.47. The molecule has 4 rings (SSSR count). The molecule has 6 nitrogen and oxygen atoms in total. The van der Waals surface area contributed by atoms with Gasteiger partial charge < -0.3 is 14.8 Å². The second-order valence-electron chi connectivity index (χ2n) is 5.86. The van der Waals surface area contributed by atoms with E-state index in [0.29, 0.717) is 29.8 Å². The molecule has 0 saturated heterocycles. The molecule has 0 saturated carbocycles. The summed E-state index contributed by atoms with van der Waals surface area (Å²) < 4.78 is 12.1. The number of nitrogens with zero attached hydrogens (tertiary/aromatic N) is 1. The third-order valence-electron chi connectivity index (χ3n) is 4.04. The average Bonchev–Trinajstić information content (AvgIpc) is 2.96. The first kappa shape index (κ1) is 15.7. The Bertz CT molecular complexity index is 925. The molecule has 1 aromatic heterocycles. The van der Waals surface area contributed by atoms with Crippen molar-refractivity contribution in [2.75, 3.05) is 23.8 Å². The molecule has 0 fully saturated rings. The van der Waals surface area contributed by atoms with E-state index in [1.807, 2.05) is 44.2 Å². The van der Waals surface area contributed by atoms with Crippen LogP contribution in [0.5, 0.6) is 11.5 Å². The number of carbonyl (C=O) groups is 1. The Morgan fingerprint density at radius 3 is 2.56 bits per heavy atom. The van der Waals surface area contributed by atoms with Crippen molar-refractivity contribution in [1.29, 1.82) is 0 Å². The number of aromatic nitrogens is 1. The van der Waals surface area contributed by atoms with Gasteiger partial charge in [0.2, 0.25) is 0 Å². The van der Waals surface area contributed by atoms with Crippen LogP contribution in [-0.4, -0.2) is 24.2 Å². The number of anilines is 2. The standard InChI is InChI=1S/C18H17N3O3S/c1-10-3-4-12(7-11(10)2)19-17(22)21-18-20-13-8-14-15(9-16(13)25-18)24-6-5-23-14/h3-4,7-9H,5-6H2,1-2H3,(H2,19,20,21,22). The van der Waals surface area contributed by atoms with Crippen molar-refractivity contribution < 1.29 is 14.3 Å². The first-order chi connectivity index (χ1) is 12.1. The summed E-state index contributed by atoms with van der Waals surface area (Å²) in [6, 6.07) is 9.21. The lowest BCUT2D eigenvalue weighted by atomic mass is 10.1. The van der Waals surface area contributed by atoms with Crippen LogP contribution >= 0.6 is 11.3 Å². The topological polar surface area (TPSA) is 72.5 Å². The lowest BCUT2D eigenvalue weighted by Crippen LogP contribution is -2.19. The Morgan fingerprint density at radius 1 is 1.04 bits per heavy atom. The van der Waals surface area contributed by atoms with Crippen LogP contribution in [0.15, 0.2) is 30.3 Å². The van der Waals surface area contributed by atoms with Gasteiger partial charge >= 0.3 is 6.03 Å². The molecule has 25 heavy (non-hydrogen) atoms. The van der Waals surface area contributed by atoms with E-state index < -0.39 is 0 Å². The lowest BCUT2D eigenvalue weighted by Gasteiger charge is -2.17. The Balaban J connectivity index is 1.51. The van der Waals surface area contributed by atoms with Gasteiger partial charge in [-0.05, 0) is 37.1 Å². The van der Waals surface area contributed by atoms with Crippen LogP contribution in [0.1, 0.15) is 11.1 Å². The first-order valence-electron chi connectivity index (χ1n) is 7.94. The van der Waals surface area contributed by atoms with Gasteiger partial charge in [0.15, 0.2) is 16.6 Å². The molecule has 2 N–H and O–H groups in total. The smallest absolute Gasteiger partial charge is 0.325 e. The predicted molar refractivity (Wildman–Crippen MR) is 99.2 cm³/mol. The van der Waals surface area contributed by atoms with E-state index >= 15 is 0 Å². The zero-order valence-corrected chi connectivity index (χ0v) is 14.7. The molecule has 1 aliphatic heterocycles. The molecule has 0 unspecified atom stereocenters. The summed E-state index contributed by atoms with van der Waals surface area (Å²) in [4.78, 5) is 16.7. The highest BCUT2D eigenvalue weighted by Gasteiger charge is 2.16.